The van der Waals surface area contributed by atoms with Gasteiger partial charge >= 0.3 is 5.97 Å². The second-order valence-electron chi connectivity index (χ2n) is 4.42. The predicted octanol–water partition coefficient (Wildman–Crippen LogP) is 1.77. The van der Waals surface area contributed by atoms with Crippen LogP contribution < -0.4 is 5.32 Å². The minimum atomic E-state index is -1.02. The van der Waals surface area contributed by atoms with Gasteiger partial charge in [0.25, 0.3) is 5.91 Å². The Kier molecular flexibility index (Phi) is 3.55. The Labute approximate surface area is 110 Å². The largest absolute Gasteiger partial charge is 0.480 e. The van der Waals surface area contributed by atoms with E-state index in [0.717, 1.165) is 10.9 Å². The summed E-state index contributed by atoms with van der Waals surface area (Å²) in [4.78, 5) is 23.0. The molecule has 0 radical (unpaired) electrons. The van der Waals surface area contributed by atoms with Gasteiger partial charge in [-0.05, 0) is 18.6 Å². The molecule has 2 N–H and O–H groups in total. The highest BCUT2D eigenvalue weighted by Crippen LogP contribution is 2.18. The van der Waals surface area contributed by atoms with Crippen LogP contribution in [0.1, 0.15) is 23.8 Å². The molecule has 0 aliphatic rings. The summed E-state index contributed by atoms with van der Waals surface area (Å²) in [6, 6.07) is 8.54. The average Bonchev–Trinajstić information content (AvgIpc) is 2.73. The summed E-state index contributed by atoms with van der Waals surface area (Å²) in [5.41, 5.74) is 1.40. The Morgan fingerprint density at radius 3 is 2.63 bits per heavy atom. The second kappa shape index (κ2) is 5.14. The molecule has 0 aliphatic heterocycles. The zero-order valence-electron chi connectivity index (χ0n) is 10.9. The second-order valence-corrected chi connectivity index (χ2v) is 4.42. The monoisotopic (exact) mass is 260 g/mol. The van der Waals surface area contributed by atoms with Crippen molar-refractivity contribution in [2.45, 2.75) is 19.4 Å². The fourth-order valence-corrected chi connectivity index (χ4v) is 2.08. The van der Waals surface area contributed by atoms with E-state index in [0.29, 0.717) is 12.1 Å². The topological polar surface area (TPSA) is 71.3 Å². The maximum atomic E-state index is 12.1. The fourth-order valence-electron chi connectivity index (χ4n) is 2.08. The third kappa shape index (κ3) is 2.45. The van der Waals surface area contributed by atoms with Gasteiger partial charge in [-0.2, -0.15) is 0 Å². The molecule has 2 aromatic rings. The predicted molar refractivity (Wildman–Crippen MR) is 72.1 cm³/mol. The SMILES string of the molecule is CCC(NC(=O)c1cc2ccccc2n1C)C(=O)O. The molecule has 100 valence electrons. The normalized spacial score (nSPS) is 12.3. The number of hydrogen-bond acceptors (Lipinski definition) is 2. The lowest BCUT2D eigenvalue weighted by atomic mass is 10.2. The molecule has 1 heterocycles. The minimum absolute atomic E-state index is 0.352. The van der Waals surface area contributed by atoms with Gasteiger partial charge in [0.2, 0.25) is 0 Å². The van der Waals surface area contributed by atoms with Crippen LogP contribution >= 0.6 is 0 Å². The van der Waals surface area contributed by atoms with Crippen molar-refractivity contribution in [3.63, 3.8) is 0 Å². The fraction of sp³-hybridized carbons (Fsp3) is 0.286. The smallest absolute Gasteiger partial charge is 0.326 e. The molecule has 1 unspecified atom stereocenters. The summed E-state index contributed by atoms with van der Waals surface area (Å²) in [6.45, 7) is 1.72. The third-order valence-electron chi connectivity index (χ3n) is 3.20. The summed E-state index contributed by atoms with van der Waals surface area (Å²) >= 11 is 0. The maximum Gasteiger partial charge on any atom is 0.326 e. The Bertz CT molecular complexity index is 631. The number of nitrogens with one attached hydrogen (secondary N) is 1. The number of para-hydroxylation sites is 1. The molecule has 0 spiro atoms. The summed E-state index contributed by atoms with van der Waals surface area (Å²) in [7, 11) is 1.79. The van der Waals surface area contributed by atoms with Crippen LogP contribution in [0, 0.1) is 0 Å². The van der Waals surface area contributed by atoms with E-state index in [1.165, 1.54) is 0 Å². The number of amides is 1. The van der Waals surface area contributed by atoms with Crippen molar-refractivity contribution in [1.82, 2.24) is 9.88 Å². The van der Waals surface area contributed by atoms with E-state index < -0.39 is 12.0 Å². The molecular weight excluding hydrogens is 244 g/mol. The highest BCUT2D eigenvalue weighted by Gasteiger charge is 2.20. The van der Waals surface area contributed by atoms with Crippen LogP contribution in [0.15, 0.2) is 30.3 Å². The van der Waals surface area contributed by atoms with Crippen molar-refractivity contribution < 1.29 is 14.7 Å². The molecule has 5 nitrogen and oxygen atoms in total. The first kappa shape index (κ1) is 13.1. The van der Waals surface area contributed by atoms with E-state index >= 15 is 0 Å². The molecule has 0 bridgehead atoms. The maximum absolute atomic E-state index is 12.1. The van der Waals surface area contributed by atoms with Crippen LogP contribution in [-0.4, -0.2) is 27.6 Å². The van der Waals surface area contributed by atoms with Crippen molar-refractivity contribution >= 4 is 22.8 Å². The Balaban J connectivity index is 2.31. The third-order valence-corrected chi connectivity index (χ3v) is 3.20. The zero-order chi connectivity index (χ0) is 14.0. The van der Waals surface area contributed by atoms with E-state index in [2.05, 4.69) is 5.32 Å². The standard InChI is InChI=1S/C14H16N2O3/c1-3-10(14(18)19)15-13(17)12-8-9-6-4-5-7-11(9)16(12)2/h4-8,10H,3H2,1-2H3,(H,15,17)(H,18,19). The number of fused-ring (bicyclic) bond motifs is 1. The summed E-state index contributed by atoms with van der Waals surface area (Å²) in [6.07, 6.45) is 0.352. The molecule has 19 heavy (non-hydrogen) atoms. The van der Waals surface area contributed by atoms with E-state index in [1.807, 2.05) is 24.3 Å². The van der Waals surface area contributed by atoms with Crippen molar-refractivity contribution in [3.05, 3.63) is 36.0 Å². The number of rotatable bonds is 4. The Morgan fingerprint density at radius 1 is 1.37 bits per heavy atom. The number of nitrogens with zero attached hydrogens (tertiary/aromatic N) is 1. The molecule has 1 atom stereocenters. The van der Waals surface area contributed by atoms with Gasteiger partial charge in [0.15, 0.2) is 0 Å². The first-order chi connectivity index (χ1) is 9.04. The number of carbonyl (C=O) groups is 2. The lowest BCUT2D eigenvalue weighted by Crippen LogP contribution is -2.40. The molecular formula is C14H16N2O3. The molecule has 0 saturated carbocycles. The number of benzene rings is 1. The first-order valence-corrected chi connectivity index (χ1v) is 6.12. The first-order valence-electron chi connectivity index (χ1n) is 6.12. The van der Waals surface area contributed by atoms with Gasteiger partial charge in [0.1, 0.15) is 11.7 Å². The van der Waals surface area contributed by atoms with Crippen molar-refractivity contribution in [3.8, 4) is 0 Å². The van der Waals surface area contributed by atoms with Crippen molar-refractivity contribution in [2.75, 3.05) is 0 Å². The van der Waals surface area contributed by atoms with Crippen molar-refractivity contribution in [1.29, 1.82) is 0 Å². The van der Waals surface area contributed by atoms with Crippen LogP contribution in [0.5, 0.6) is 0 Å². The van der Waals surface area contributed by atoms with Gasteiger partial charge in [-0.3, -0.25) is 4.79 Å². The van der Waals surface area contributed by atoms with Gasteiger partial charge in [-0.1, -0.05) is 25.1 Å². The van der Waals surface area contributed by atoms with Crippen LogP contribution in [-0.2, 0) is 11.8 Å². The number of carbonyl (C=O) groups excluding carboxylic acids is 1. The van der Waals surface area contributed by atoms with Gasteiger partial charge in [0, 0.05) is 18.0 Å². The lowest BCUT2D eigenvalue weighted by molar-refractivity contribution is -0.139. The van der Waals surface area contributed by atoms with Crippen LogP contribution in [0.2, 0.25) is 0 Å². The zero-order valence-corrected chi connectivity index (χ0v) is 10.9. The molecule has 1 aromatic heterocycles. The molecule has 1 aromatic carbocycles. The average molecular weight is 260 g/mol. The van der Waals surface area contributed by atoms with Gasteiger partial charge in [-0.25, -0.2) is 4.79 Å². The lowest BCUT2D eigenvalue weighted by Gasteiger charge is -2.12. The van der Waals surface area contributed by atoms with E-state index in [9.17, 15) is 9.59 Å². The quantitative estimate of drug-likeness (QED) is 0.880. The van der Waals surface area contributed by atoms with Crippen LogP contribution in [0.25, 0.3) is 10.9 Å². The van der Waals surface area contributed by atoms with E-state index in [4.69, 9.17) is 5.11 Å². The molecule has 5 heteroatoms. The number of aryl methyl sites for hydroxylation is 1. The Hall–Kier alpha value is -2.30. The molecule has 1 amide bonds. The Morgan fingerprint density at radius 2 is 2.05 bits per heavy atom. The summed E-state index contributed by atoms with van der Waals surface area (Å²) in [5, 5.41) is 12.4. The van der Waals surface area contributed by atoms with Gasteiger partial charge < -0.3 is 15.0 Å². The highest BCUT2D eigenvalue weighted by molar-refractivity contribution is 6.00. The van der Waals surface area contributed by atoms with Gasteiger partial charge in [0.05, 0.1) is 0 Å². The molecule has 0 aliphatic carbocycles. The number of carboxylic acid groups (broad SMARTS) is 1. The van der Waals surface area contributed by atoms with E-state index in [1.54, 1.807) is 24.6 Å². The van der Waals surface area contributed by atoms with Crippen LogP contribution in [0.3, 0.4) is 0 Å². The summed E-state index contributed by atoms with van der Waals surface area (Å²) in [5.74, 6) is -1.39. The summed E-state index contributed by atoms with van der Waals surface area (Å²) < 4.78 is 1.76. The highest BCUT2D eigenvalue weighted by atomic mass is 16.4. The number of aliphatic carboxylic acids is 1. The van der Waals surface area contributed by atoms with Gasteiger partial charge in [-0.15, -0.1) is 0 Å². The molecule has 0 fully saturated rings. The van der Waals surface area contributed by atoms with E-state index in [-0.39, 0.29) is 5.91 Å². The molecule has 2 rings (SSSR count). The van der Waals surface area contributed by atoms with Crippen LogP contribution in [0.4, 0.5) is 0 Å². The minimum Gasteiger partial charge on any atom is -0.480 e. The molecule has 0 saturated heterocycles. The van der Waals surface area contributed by atoms with Crippen molar-refractivity contribution in [2.24, 2.45) is 7.05 Å². The number of aromatic nitrogens is 1. The number of carboxylic acids is 1. The number of hydrogen-bond donors (Lipinski definition) is 2.